The third-order valence-electron chi connectivity index (χ3n) is 4.25. The number of hydrogen-bond acceptors (Lipinski definition) is 3. The molecule has 1 atom stereocenters. The third-order valence-corrected chi connectivity index (χ3v) is 4.48. The Morgan fingerprint density at radius 3 is 3.00 bits per heavy atom. The molecule has 1 fully saturated rings. The second-order valence-corrected chi connectivity index (χ2v) is 6.13. The topological polar surface area (TPSA) is 24.5 Å². The van der Waals surface area contributed by atoms with Crippen LogP contribution in [0.5, 0.6) is 0 Å². The summed E-state index contributed by atoms with van der Waals surface area (Å²) in [5, 5.41) is 4.24. The summed E-state index contributed by atoms with van der Waals surface area (Å²) >= 11 is 6.20. The van der Waals surface area contributed by atoms with Gasteiger partial charge < -0.3 is 15.0 Å². The lowest BCUT2D eigenvalue weighted by molar-refractivity contribution is 0.199. The summed E-state index contributed by atoms with van der Waals surface area (Å²) in [6, 6.07) is 6.95. The maximum absolute atomic E-state index is 6.20. The first-order chi connectivity index (χ1) is 10.3. The summed E-state index contributed by atoms with van der Waals surface area (Å²) in [6.07, 6.45) is 5.15. The zero-order valence-corrected chi connectivity index (χ0v) is 14.0. The summed E-state index contributed by atoms with van der Waals surface area (Å²) in [6.45, 7) is 5.88. The van der Waals surface area contributed by atoms with Gasteiger partial charge in [-0.1, -0.05) is 18.5 Å². The van der Waals surface area contributed by atoms with Gasteiger partial charge in [-0.05, 0) is 49.4 Å². The Morgan fingerprint density at radius 2 is 2.24 bits per heavy atom. The fraction of sp³-hybridized carbons (Fsp3) is 0.647. The molecule has 0 bridgehead atoms. The van der Waals surface area contributed by atoms with Crippen LogP contribution >= 0.6 is 11.6 Å². The van der Waals surface area contributed by atoms with Gasteiger partial charge in [0.15, 0.2) is 0 Å². The number of benzene rings is 1. The Balaban J connectivity index is 2.13. The zero-order valence-electron chi connectivity index (χ0n) is 13.2. The van der Waals surface area contributed by atoms with Crippen molar-refractivity contribution in [2.75, 3.05) is 31.7 Å². The number of methoxy groups -OCH3 is 1. The van der Waals surface area contributed by atoms with Crippen molar-refractivity contribution in [3.05, 3.63) is 28.8 Å². The first-order valence-corrected chi connectivity index (χ1v) is 8.38. The molecule has 2 rings (SSSR count). The molecule has 0 amide bonds. The van der Waals surface area contributed by atoms with Crippen molar-refractivity contribution in [1.82, 2.24) is 5.32 Å². The minimum atomic E-state index is 0.664. The van der Waals surface area contributed by atoms with E-state index in [0.29, 0.717) is 6.04 Å². The van der Waals surface area contributed by atoms with E-state index in [1.807, 2.05) is 6.07 Å². The fourth-order valence-electron chi connectivity index (χ4n) is 3.12. The minimum Gasteiger partial charge on any atom is -0.383 e. The molecule has 0 radical (unpaired) electrons. The van der Waals surface area contributed by atoms with Crippen LogP contribution in [-0.4, -0.2) is 32.8 Å². The van der Waals surface area contributed by atoms with E-state index in [9.17, 15) is 0 Å². The zero-order chi connectivity index (χ0) is 15.1. The molecule has 0 spiro atoms. The molecule has 3 nitrogen and oxygen atoms in total. The van der Waals surface area contributed by atoms with Crippen LogP contribution in [0.15, 0.2) is 18.2 Å². The number of nitrogens with zero attached hydrogens (tertiary/aromatic N) is 1. The quantitative estimate of drug-likeness (QED) is 0.774. The molecule has 1 aliphatic heterocycles. The van der Waals surface area contributed by atoms with Gasteiger partial charge in [0.2, 0.25) is 0 Å². The van der Waals surface area contributed by atoms with Crippen LogP contribution in [0, 0.1) is 0 Å². The highest BCUT2D eigenvalue weighted by atomic mass is 35.5. The SMILES string of the molecule is CCC1CCCCN1c1ccc(Cl)cc1CNCCOC. The van der Waals surface area contributed by atoms with E-state index in [1.54, 1.807) is 7.11 Å². The predicted molar refractivity (Wildman–Crippen MR) is 90.3 cm³/mol. The van der Waals surface area contributed by atoms with Gasteiger partial charge in [0.25, 0.3) is 0 Å². The van der Waals surface area contributed by atoms with Gasteiger partial charge in [0.1, 0.15) is 0 Å². The highest BCUT2D eigenvalue weighted by Crippen LogP contribution is 2.31. The molecular weight excluding hydrogens is 284 g/mol. The monoisotopic (exact) mass is 310 g/mol. The number of rotatable bonds is 7. The molecule has 0 aromatic heterocycles. The number of hydrogen-bond donors (Lipinski definition) is 1. The van der Waals surface area contributed by atoms with Crippen LogP contribution in [0.1, 0.15) is 38.2 Å². The molecule has 1 aromatic rings. The van der Waals surface area contributed by atoms with Gasteiger partial charge in [0, 0.05) is 43.5 Å². The van der Waals surface area contributed by atoms with E-state index < -0.39 is 0 Å². The Labute approximate surface area is 133 Å². The van der Waals surface area contributed by atoms with Crippen LogP contribution in [0.25, 0.3) is 0 Å². The van der Waals surface area contributed by atoms with E-state index in [0.717, 1.165) is 31.3 Å². The van der Waals surface area contributed by atoms with Gasteiger partial charge in [-0.3, -0.25) is 0 Å². The highest BCUT2D eigenvalue weighted by molar-refractivity contribution is 6.30. The van der Waals surface area contributed by atoms with Crippen molar-refractivity contribution < 1.29 is 4.74 Å². The lowest BCUT2D eigenvalue weighted by Gasteiger charge is -2.38. The smallest absolute Gasteiger partial charge is 0.0587 e. The molecule has 0 aliphatic carbocycles. The standard InChI is InChI=1S/C17H27ClN2O/c1-3-16-6-4-5-10-20(16)17-8-7-15(18)12-14(17)13-19-9-11-21-2/h7-8,12,16,19H,3-6,9-11,13H2,1-2H3. The van der Waals surface area contributed by atoms with Crippen molar-refractivity contribution >= 4 is 17.3 Å². The maximum Gasteiger partial charge on any atom is 0.0587 e. The van der Waals surface area contributed by atoms with Crippen LogP contribution in [0.3, 0.4) is 0 Å². The van der Waals surface area contributed by atoms with Crippen molar-refractivity contribution in [2.24, 2.45) is 0 Å². The molecule has 1 aliphatic rings. The lowest BCUT2D eigenvalue weighted by Crippen LogP contribution is -2.40. The first-order valence-electron chi connectivity index (χ1n) is 8.01. The number of nitrogens with one attached hydrogen (secondary N) is 1. The molecule has 1 heterocycles. The Kier molecular flexibility index (Phi) is 6.81. The van der Waals surface area contributed by atoms with Gasteiger partial charge >= 0.3 is 0 Å². The summed E-state index contributed by atoms with van der Waals surface area (Å²) in [7, 11) is 1.73. The Hall–Kier alpha value is -0.770. The third kappa shape index (κ3) is 4.60. The van der Waals surface area contributed by atoms with Crippen molar-refractivity contribution in [3.63, 3.8) is 0 Å². The lowest BCUT2D eigenvalue weighted by atomic mass is 9.98. The molecule has 118 valence electrons. The van der Waals surface area contributed by atoms with Crippen LogP contribution in [0.2, 0.25) is 5.02 Å². The predicted octanol–water partition coefficient (Wildman–Crippen LogP) is 3.84. The molecule has 21 heavy (non-hydrogen) atoms. The summed E-state index contributed by atoms with van der Waals surface area (Å²) in [5.41, 5.74) is 2.63. The molecular formula is C17H27ClN2O. The second-order valence-electron chi connectivity index (χ2n) is 5.69. The molecule has 1 unspecified atom stereocenters. The maximum atomic E-state index is 6.20. The first kappa shape index (κ1) is 16.6. The molecule has 1 aromatic carbocycles. The van der Waals surface area contributed by atoms with Crippen LogP contribution in [0.4, 0.5) is 5.69 Å². The Morgan fingerprint density at radius 1 is 1.38 bits per heavy atom. The van der Waals surface area contributed by atoms with Crippen molar-refractivity contribution in [2.45, 2.75) is 45.2 Å². The fourth-order valence-corrected chi connectivity index (χ4v) is 3.31. The summed E-state index contributed by atoms with van der Waals surface area (Å²) in [4.78, 5) is 2.58. The average Bonchev–Trinajstić information content (AvgIpc) is 2.52. The van der Waals surface area contributed by atoms with E-state index in [4.69, 9.17) is 16.3 Å². The van der Waals surface area contributed by atoms with Gasteiger partial charge in [0.05, 0.1) is 6.61 Å². The molecule has 4 heteroatoms. The average molecular weight is 311 g/mol. The van der Waals surface area contributed by atoms with E-state index >= 15 is 0 Å². The molecule has 0 saturated carbocycles. The molecule has 1 saturated heterocycles. The number of anilines is 1. The Bertz CT molecular complexity index is 439. The summed E-state index contributed by atoms with van der Waals surface area (Å²) < 4.78 is 5.09. The van der Waals surface area contributed by atoms with Crippen LogP contribution in [-0.2, 0) is 11.3 Å². The number of halogens is 1. The van der Waals surface area contributed by atoms with Gasteiger partial charge in [-0.15, -0.1) is 0 Å². The van der Waals surface area contributed by atoms with E-state index in [2.05, 4.69) is 29.3 Å². The van der Waals surface area contributed by atoms with E-state index in [1.165, 1.54) is 36.9 Å². The minimum absolute atomic E-state index is 0.664. The van der Waals surface area contributed by atoms with Gasteiger partial charge in [-0.2, -0.15) is 0 Å². The van der Waals surface area contributed by atoms with E-state index in [-0.39, 0.29) is 0 Å². The molecule has 1 N–H and O–H groups in total. The number of ether oxygens (including phenoxy) is 1. The van der Waals surface area contributed by atoms with Crippen molar-refractivity contribution in [1.29, 1.82) is 0 Å². The largest absolute Gasteiger partial charge is 0.383 e. The second kappa shape index (κ2) is 8.62. The highest BCUT2D eigenvalue weighted by Gasteiger charge is 2.22. The number of piperidine rings is 1. The normalized spacial score (nSPS) is 19.0. The van der Waals surface area contributed by atoms with Crippen molar-refractivity contribution in [3.8, 4) is 0 Å². The summed E-state index contributed by atoms with van der Waals surface area (Å²) in [5.74, 6) is 0. The van der Waals surface area contributed by atoms with Crippen LogP contribution < -0.4 is 10.2 Å². The van der Waals surface area contributed by atoms with Gasteiger partial charge in [-0.25, -0.2) is 0 Å².